The number of aromatic nitrogens is 3. The second kappa shape index (κ2) is 5.34. The molecule has 18 heavy (non-hydrogen) atoms. The first kappa shape index (κ1) is 13.5. The highest BCUT2D eigenvalue weighted by Crippen LogP contribution is 2.21. The SMILES string of the molecule is Cn1cc(CC(N)C(C)(C)N2CCOCC2)nn1. The quantitative estimate of drug-likeness (QED) is 0.804. The highest BCUT2D eigenvalue weighted by Gasteiger charge is 2.34. The van der Waals surface area contributed by atoms with Gasteiger partial charge in [0.05, 0.1) is 18.9 Å². The first-order valence-corrected chi connectivity index (χ1v) is 6.43. The average Bonchev–Trinajstić information content (AvgIpc) is 2.76. The molecule has 0 saturated carbocycles. The molecule has 1 atom stereocenters. The number of hydrogen-bond donors (Lipinski definition) is 1. The molecular formula is C12H23N5O. The van der Waals surface area contributed by atoms with Crippen LogP contribution >= 0.6 is 0 Å². The maximum absolute atomic E-state index is 6.36. The van der Waals surface area contributed by atoms with Gasteiger partial charge < -0.3 is 10.5 Å². The molecule has 1 aliphatic rings. The number of aryl methyl sites for hydroxylation is 1. The summed E-state index contributed by atoms with van der Waals surface area (Å²) in [4.78, 5) is 2.40. The monoisotopic (exact) mass is 253 g/mol. The molecule has 0 aliphatic carbocycles. The molecule has 6 nitrogen and oxygen atoms in total. The third-order valence-corrected chi connectivity index (χ3v) is 3.81. The van der Waals surface area contributed by atoms with Crippen molar-refractivity contribution in [3.63, 3.8) is 0 Å². The molecule has 0 aromatic carbocycles. The van der Waals surface area contributed by atoms with E-state index in [9.17, 15) is 0 Å². The Labute approximate surface area is 108 Å². The molecule has 1 saturated heterocycles. The number of morpholine rings is 1. The lowest BCUT2D eigenvalue weighted by Crippen LogP contribution is -2.59. The van der Waals surface area contributed by atoms with Crippen LogP contribution < -0.4 is 5.73 Å². The van der Waals surface area contributed by atoms with Gasteiger partial charge in [-0.2, -0.15) is 0 Å². The van der Waals surface area contributed by atoms with Crippen LogP contribution in [0.1, 0.15) is 19.5 Å². The second-order valence-electron chi connectivity index (χ2n) is 5.45. The fourth-order valence-corrected chi connectivity index (χ4v) is 2.34. The summed E-state index contributed by atoms with van der Waals surface area (Å²) in [6.07, 6.45) is 2.67. The number of nitrogens with two attached hydrogens (primary N) is 1. The molecule has 1 fully saturated rings. The van der Waals surface area contributed by atoms with E-state index in [0.29, 0.717) is 0 Å². The van der Waals surface area contributed by atoms with E-state index < -0.39 is 0 Å². The van der Waals surface area contributed by atoms with Crippen molar-refractivity contribution in [1.82, 2.24) is 19.9 Å². The molecular weight excluding hydrogens is 230 g/mol. The van der Waals surface area contributed by atoms with E-state index >= 15 is 0 Å². The van der Waals surface area contributed by atoms with Gasteiger partial charge in [-0.25, -0.2) is 0 Å². The zero-order valence-electron chi connectivity index (χ0n) is 11.5. The lowest BCUT2D eigenvalue weighted by atomic mass is 9.89. The summed E-state index contributed by atoms with van der Waals surface area (Å²) in [6, 6.07) is 0.0345. The van der Waals surface area contributed by atoms with Gasteiger partial charge in [0.1, 0.15) is 0 Å². The Bertz CT molecular complexity index is 384. The molecule has 0 bridgehead atoms. The van der Waals surface area contributed by atoms with Gasteiger partial charge in [0.15, 0.2) is 0 Å². The summed E-state index contributed by atoms with van der Waals surface area (Å²) in [5, 5.41) is 8.05. The van der Waals surface area contributed by atoms with Crippen molar-refractivity contribution in [3.05, 3.63) is 11.9 Å². The first-order valence-electron chi connectivity index (χ1n) is 6.43. The van der Waals surface area contributed by atoms with Crippen molar-refractivity contribution in [2.75, 3.05) is 26.3 Å². The van der Waals surface area contributed by atoms with Crippen molar-refractivity contribution in [2.24, 2.45) is 12.8 Å². The van der Waals surface area contributed by atoms with Crippen LogP contribution in [0.25, 0.3) is 0 Å². The molecule has 2 rings (SSSR count). The zero-order chi connectivity index (χ0) is 13.2. The Morgan fingerprint density at radius 2 is 2.11 bits per heavy atom. The van der Waals surface area contributed by atoms with Crippen LogP contribution in [0.2, 0.25) is 0 Å². The van der Waals surface area contributed by atoms with Crippen LogP contribution in [0, 0.1) is 0 Å². The molecule has 0 radical (unpaired) electrons. The Balaban J connectivity index is 1.99. The molecule has 6 heteroatoms. The summed E-state index contributed by atoms with van der Waals surface area (Å²) in [7, 11) is 1.87. The summed E-state index contributed by atoms with van der Waals surface area (Å²) >= 11 is 0. The fourth-order valence-electron chi connectivity index (χ4n) is 2.34. The van der Waals surface area contributed by atoms with Crippen LogP contribution in [-0.2, 0) is 18.2 Å². The van der Waals surface area contributed by atoms with Gasteiger partial charge in [0, 0.05) is 44.3 Å². The molecule has 1 aromatic rings. The van der Waals surface area contributed by atoms with Crippen LogP contribution in [0.15, 0.2) is 6.20 Å². The minimum atomic E-state index is -0.0543. The first-order chi connectivity index (χ1) is 8.50. The Morgan fingerprint density at radius 1 is 1.44 bits per heavy atom. The molecule has 102 valence electrons. The van der Waals surface area contributed by atoms with Crippen molar-refractivity contribution in [3.8, 4) is 0 Å². The zero-order valence-corrected chi connectivity index (χ0v) is 11.5. The standard InChI is InChI=1S/C12H23N5O/c1-12(2,17-4-6-18-7-5-17)11(13)8-10-9-16(3)15-14-10/h9,11H,4-8,13H2,1-3H3. The van der Waals surface area contributed by atoms with E-state index in [4.69, 9.17) is 10.5 Å². The van der Waals surface area contributed by atoms with E-state index in [1.165, 1.54) is 0 Å². The van der Waals surface area contributed by atoms with Gasteiger partial charge in [0.2, 0.25) is 0 Å². The highest BCUT2D eigenvalue weighted by atomic mass is 16.5. The Kier molecular flexibility index (Phi) is 3.99. The average molecular weight is 253 g/mol. The second-order valence-corrected chi connectivity index (χ2v) is 5.45. The molecule has 2 heterocycles. The summed E-state index contributed by atoms with van der Waals surface area (Å²) < 4.78 is 7.10. The van der Waals surface area contributed by atoms with Gasteiger partial charge in [-0.1, -0.05) is 5.21 Å². The molecule has 0 spiro atoms. The lowest BCUT2D eigenvalue weighted by Gasteiger charge is -2.44. The maximum atomic E-state index is 6.36. The molecule has 1 aromatic heterocycles. The van der Waals surface area contributed by atoms with E-state index in [0.717, 1.165) is 38.4 Å². The van der Waals surface area contributed by atoms with E-state index in [2.05, 4.69) is 29.1 Å². The lowest BCUT2D eigenvalue weighted by molar-refractivity contribution is -0.0187. The molecule has 1 aliphatic heterocycles. The molecule has 2 N–H and O–H groups in total. The van der Waals surface area contributed by atoms with Crippen molar-refractivity contribution < 1.29 is 4.74 Å². The fraction of sp³-hybridized carbons (Fsp3) is 0.833. The Morgan fingerprint density at radius 3 is 2.67 bits per heavy atom. The van der Waals surface area contributed by atoms with Crippen molar-refractivity contribution >= 4 is 0 Å². The smallest absolute Gasteiger partial charge is 0.0843 e. The molecule has 1 unspecified atom stereocenters. The summed E-state index contributed by atoms with van der Waals surface area (Å²) in [5.74, 6) is 0. The van der Waals surface area contributed by atoms with Crippen LogP contribution in [-0.4, -0.2) is 57.8 Å². The van der Waals surface area contributed by atoms with Gasteiger partial charge >= 0.3 is 0 Å². The topological polar surface area (TPSA) is 69.2 Å². The largest absolute Gasteiger partial charge is 0.379 e. The summed E-state index contributed by atoms with van der Waals surface area (Å²) in [5.41, 5.74) is 7.26. The van der Waals surface area contributed by atoms with Crippen LogP contribution in [0.3, 0.4) is 0 Å². The third kappa shape index (κ3) is 2.88. The van der Waals surface area contributed by atoms with Gasteiger partial charge in [-0.15, -0.1) is 5.10 Å². The van der Waals surface area contributed by atoms with Crippen LogP contribution in [0.4, 0.5) is 0 Å². The predicted octanol–water partition coefficient (Wildman–Crippen LogP) is -0.204. The van der Waals surface area contributed by atoms with Gasteiger partial charge in [-0.3, -0.25) is 9.58 Å². The van der Waals surface area contributed by atoms with Gasteiger partial charge in [0.25, 0.3) is 0 Å². The van der Waals surface area contributed by atoms with Crippen molar-refractivity contribution in [2.45, 2.75) is 31.8 Å². The molecule has 0 amide bonds. The van der Waals surface area contributed by atoms with Crippen molar-refractivity contribution in [1.29, 1.82) is 0 Å². The van der Waals surface area contributed by atoms with Gasteiger partial charge in [-0.05, 0) is 13.8 Å². The summed E-state index contributed by atoms with van der Waals surface area (Å²) in [6.45, 7) is 7.86. The predicted molar refractivity (Wildman–Crippen MR) is 69.2 cm³/mol. The number of hydrogen-bond acceptors (Lipinski definition) is 5. The normalized spacial score (nSPS) is 20.0. The number of rotatable bonds is 4. The third-order valence-electron chi connectivity index (χ3n) is 3.81. The van der Waals surface area contributed by atoms with Crippen LogP contribution in [0.5, 0.6) is 0 Å². The minimum absolute atomic E-state index is 0.0345. The van der Waals surface area contributed by atoms with E-state index in [1.807, 2.05) is 13.2 Å². The Hall–Kier alpha value is -0.980. The number of ether oxygens (including phenoxy) is 1. The highest BCUT2D eigenvalue weighted by molar-refractivity contribution is 5.02. The maximum Gasteiger partial charge on any atom is 0.0843 e. The minimum Gasteiger partial charge on any atom is -0.379 e. The number of nitrogens with zero attached hydrogens (tertiary/aromatic N) is 4. The van der Waals surface area contributed by atoms with E-state index in [1.54, 1.807) is 4.68 Å². The van der Waals surface area contributed by atoms with E-state index in [-0.39, 0.29) is 11.6 Å².